The number of carbonyl (C=O) groups is 2. The molecule has 1 saturated carbocycles. The number of thiazole rings is 1. The second kappa shape index (κ2) is 10.2. The van der Waals surface area contributed by atoms with Crippen molar-refractivity contribution in [3.8, 4) is 0 Å². The van der Waals surface area contributed by atoms with Crippen molar-refractivity contribution >= 4 is 23.2 Å². The second-order valence-electron chi connectivity index (χ2n) is 7.51. The molecular weight excluding hydrogens is 435 g/mol. The van der Waals surface area contributed by atoms with Gasteiger partial charge in [-0.1, -0.05) is 12.8 Å². The summed E-state index contributed by atoms with van der Waals surface area (Å²) < 4.78 is 33.9. The van der Waals surface area contributed by atoms with E-state index < -0.39 is 12.1 Å². The van der Waals surface area contributed by atoms with Crippen molar-refractivity contribution in [2.45, 2.75) is 56.9 Å². The van der Waals surface area contributed by atoms with Gasteiger partial charge in [0, 0.05) is 37.3 Å². The van der Waals surface area contributed by atoms with Crippen LogP contribution in [0.2, 0.25) is 0 Å². The first-order valence-electron chi connectivity index (χ1n) is 9.98. The maximum atomic E-state index is 12.0. The number of aromatic nitrogens is 3. The van der Waals surface area contributed by atoms with Crippen LogP contribution in [0.4, 0.5) is 13.2 Å². The average molecular weight is 459 g/mol. The first-order chi connectivity index (χ1) is 14.8. The molecule has 1 unspecified atom stereocenters. The van der Waals surface area contributed by atoms with Crippen LogP contribution >= 0.6 is 11.3 Å². The summed E-state index contributed by atoms with van der Waals surface area (Å²) in [4.78, 5) is 27.6. The molecule has 1 atom stereocenters. The van der Waals surface area contributed by atoms with E-state index in [0.29, 0.717) is 18.3 Å². The van der Waals surface area contributed by atoms with E-state index in [1.807, 2.05) is 6.20 Å². The van der Waals surface area contributed by atoms with Crippen LogP contribution in [0.15, 0.2) is 23.2 Å². The maximum absolute atomic E-state index is 12.0. The molecule has 0 spiro atoms. The SMILES string of the molecule is O=C(NCCC1CN(C2CCCC2)Cc2ccnn21)c1cscn1.O=C(O)C(F)(F)F. The van der Waals surface area contributed by atoms with Gasteiger partial charge in [0.25, 0.3) is 5.91 Å². The number of carboxylic acid groups (broad SMARTS) is 1. The second-order valence-corrected chi connectivity index (χ2v) is 8.23. The Hall–Kier alpha value is -2.47. The quantitative estimate of drug-likeness (QED) is 0.713. The average Bonchev–Trinajstić information content (AvgIpc) is 3.49. The van der Waals surface area contributed by atoms with Crippen LogP contribution in [0.1, 0.15) is 54.3 Å². The largest absolute Gasteiger partial charge is 0.490 e. The number of halogens is 3. The minimum Gasteiger partial charge on any atom is -0.475 e. The van der Waals surface area contributed by atoms with Crippen LogP contribution in [0, 0.1) is 0 Å². The smallest absolute Gasteiger partial charge is 0.475 e. The van der Waals surface area contributed by atoms with Crippen molar-refractivity contribution in [1.82, 2.24) is 25.0 Å². The van der Waals surface area contributed by atoms with Gasteiger partial charge in [-0.2, -0.15) is 18.3 Å². The molecule has 3 heterocycles. The van der Waals surface area contributed by atoms with E-state index in [4.69, 9.17) is 9.90 Å². The summed E-state index contributed by atoms with van der Waals surface area (Å²) in [5.41, 5.74) is 3.49. The van der Waals surface area contributed by atoms with Crippen molar-refractivity contribution in [3.63, 3.8) is 0 Å². The number of aliphatic carboxylic acids is 1. The van der Waals surface area contributed by atoms with Gasteiger partial charge in [0.1, 0.15) is 5.69 Å². The fourth-order valence-corrected chi connectivity index (χ4v) is 4.48. The Kier molecular flexibility index (Phi) is 7.65. The molecule has 31 heavy (non-hydrogen) atoms. The molecule has 8 nitrogen and oxygen atoms in total. The van der Waals surface area contributed by atoms with E-state index in [-0.39, 0.29) is 5.91 Å². The van der Waals surface area contributed by atoms with Gasteiger partial charge in [0.15, 0.2) is 0 Å². The Morgan fingerprint density at radius 2 is 2.00 bits per heavy atom. The van der Waals surface area contributed by atoms with E-state index in [1.165, 1.54) is 42.7 Å². The maximum Gasteiger partial charge on any atom is 0.490 e. The summed E-state index contributed by atoms with van der Waals surface area (Å²) in [6, 6.07) is 3.18. The fraction of sp³-hybridized carbons (Fsp3) is 0.579. The number of carboxylic acids is 1. The van der Waals surface area contributed by atoms with Crippen molar-refractivity contribution < 1.29 is 27.9 Å². The number of carbonyl (C=O) groups excluding carboxylic acids is 1. The van der Waals surface area contributed by atoms with Gasteiger partial charge in [-0.3, -0.25) is 14.4 Å². The summed E-state index contributed by atoms with van der Waals surface area (Å²) in [5, 5.41) is 16.4. The minimum absolute atomic E-state index is 0.0830. The first kappa shape index (κ1) is 23.2. The van der Waals surface area contributed by atoms with Gasteiger partial charge in [0.05, 0.1) is 17.2 Å². The first-order valence-corrected chi connectivity index (χ1v) is 10.9. The fourth-order valence-electron chi connectivity index (χ4n) is 3.95. The lowest BCUT2D eigenvalue weighted by molar-refractivity contribution is -0.192. The Morgan fingerprint density at radius 3 is 2.61 bits per heavy atom. The number of nitrogens with one attached hydrogen (secondary N) is 1. The van der Waals surface area contributed by atoms with Crippen LogP contribution in [-0.4, -0.2) is 62.0 Å². The molecule has 2 aromatic heterocycles. The van der Waals surface area contributed by atoms with Crippen LogP contribution in [-0.2, 0) is 11.3 Å². The number of hydrogen-bond acceptors (Lipinski definition) is 6. The lowest BCUT2D eigenvalue weighted by Crippen LogP contribution is -2.43. The van der Waals surface area contributed by atoms with Gasteiger partial charge in [-0.05, 0) is 25.3 Å². The third-order valence-electron chi connectivity index (χ3n) is 5.42. The zero-order valence-electron chi connectivity index (χ0n) is 16.7. The van der Waals surface area contributed by atoms with Crippen molar-refractivity contribution in [3.05, 3.63) is 34.5 Å². The molecule has 4 rings (SSSR count). The van der Waals surface area contributed by atoms with Crippen LogP contribution < -0.4 is 5.32 Å². The molecule has 1 aliphatic carbocycles. The Labute approximate surface area is 181 Å². The third kappa shape index (κ3) is 6.26. The predicted octanol–water partition coefficient (Wildman–Crippen LogP) is 3.09. The standard InChI is InChI=1S/C17H23N5OS.C2HF3O2/c23-17(16-11-24-12-19-16)18-7-5-14-9-21(13-3-1-2-4-13)10-15-6-8-20-22(14)15;3-2(4,5)1(6)7/h6,8,11-14H,1-5,7,9-10H2,(H,18,23);(H,6,7). The van der Waals surface area contributed by atoms with E-state index in [2.05, 4.69) is 31.0 Å². The van der Waals surface area contributed by atoms with Crippen LogP contribution in [0.5, 0.6) is 0 Å². The van der Waals surface area contributed by atoms with Crippen molar-refractivity contribution in [2.75, 3.05) is 13.1 Å². The zero-order valence-corrected chi connectivity index (χ0v) is 17.5. The topological polar surface area (TPSA) is 100 Å². The van der Waals surface area contributed by atoms with E-state index in [0.717, 1.165) is 25.6 Å². The predicted molar refractivity (Wildman–Crippen MR) is 107 cm³/mol. The minimum atomic E-state index is -5.08. The molecule has 1 amide bonds. The van der Waals surface area contributed by atoms with Gasteiger partial charge < -0.3 is 10.4 Å². The number of rotatable bonds is 5. The summed E-state index contributed by atoms with van der Waals surface area (Å²) >= 11 is 1.44. The van der Waals surface area contributed by atoms with Gasteiger partial charge in [0.2, 0.25) is 0 Å². The van der Waals surface area contributed by atoms with E-state index in [1.54, 1.807) is 10.9 Å². The zero-order chi connectivity index (χ0) is 22.4. The van der Waals surface area contributed by atoms with Gasteiger partial charge >= 0.3 is 12.1 Å². The summed E-state index contributed by atoms with van der Waals surface area (Å²) in [7, 11) is 0. The highest BCUT2D eigenvalue weighted by molar-refractivity contribution is 7.07. The molecule has 0 saturated heterocycles. The number of amides is 1. The molecule has 2 aromatic rings. The van der Waals surface area contributed by atoms with E-state index in [9.17, 15) is 18.0 Å². The Balaban J connectivity index is 0.000000339. The van der Waals surface area contributed by atoms with Crippen LogP contribution in [0.25, 0.3) is 0 Å². The third-order valence-corrected chi connectivity index (χ3v) is 6.01. The normalized spacial score (nSPS) is 19.4. The van der Waals surface area contributed by atoms with Crippen LogP contribution in [0.3, 0.4) is 0 Å². The molecule has 170 valence electrons. The molecule has 0 radical (unpaired) electrons. The van der Waals surface area contributed by atoms with Gasteiger partial charge in [-0.15, -0.1) is 11.3 Å². The number of fused-ring (bicyclic) bond motifs is 1. The molecule has 12 heteroatoms. The highest BCUT2D eigenvalue weighted by Crippen LogP contribution is 2.30. The molecule has 0 bridgehead atoms. The molecule has 1 fully saturated rings. The lowest BCUT2D eigenvalue weighted by Gasteiger charge is -2.37. The lowest BCUT2D eigenvalue weighted by atomic mass is 10.1. The number of hydrogen-bond donors (Lipinski definition) is 2. The molecular formula is C19H24F3N5O3S. The molecule has 2 aliphatic rings. The molecule has 0 aromatic carbocycles. The Bertz CT molecular complexity index is 866. The highest BCUT2D eigenvalue weighted by Gasteiger charge is 2.38. The Morgan fingerprint density at radius 1 is 1.29 bits per heavy atom. The summed E-state index contributed by atoms with van der Waals surface area (Å²) in [5.74, 6) is -2.84. The van der Waals surface area contributed by atoms with E-state index >= 15 is 0 Å². The number of alkyl halides is 3. The highest BCUT2D eigenvalue weighted by atomic mass is 32.1. The number of nitrogens with zero attached hydrogens (tertiary/aromatic N) is 4. The van der Waals surface area contributed by atoms with Gasteiger partial charge in [-0.25, -0.2) is 9.78 Å². The molecule has 2 N–H and O–H groups in total. The van der Waals surface area contributed by atoms with Crippen molar-refractivity contribution in [2.24, 2.45) is 0 Å². The van der Waals surface area contributed by atoms with Crippen molar-refractivity contribution in [1.29, 1.82) is 0 Å². The monoisotopic (exact) mass is 459 g/mol. The summed E-state index contributed by atoms with van der Waals surface area (Å²) in [6.45, 7) is 2.69. The molecule has 1 aliphatic heterocycles. The summed E-state index contributed by atoms with van der Waals surface area (Å²) in [6.07, 6.45) is 3.06.